The lowest BCUT2D eigenvalue weighted by molar-refractivity contribution is 0.0941. The molecule has 1 aliphatic carbocycles. The second kappa shape index (κ2) is 7.85. The zero-order chi connectivity index (χ0) is 15.1. The van der Waals surface area contributed by atoms with Crippen molar-refractivity contribution in [2.75, 3.05) is 13.2 Å². The highest BCUT2D eigenvalue weighted by Crippen LogP contribution is 2.27. The Hall–Kier alpha value is -1.79. The Bertz CT molecular complexity index is 534. The Morgan fingerprint density at radius 2 is 2.00 bits per heavy atom. The molecule has 112 valence electrons. The van der Waals surface area contributed by atoms with Gasteiger partial charge in [-0.05, 0) is 36.8 Å². The van der Waals surface area contributed by atoms with Gasteiger partial charge in [-0.2, -0.15) is 0 Å². The molecular formula is C18H23NO2. The molecule has 21 heavy (non-hydrogen) atoms. The number of hydrogen-bond acceptors (Lipinski definition) is 2. The highest BCUT2D eigenvalue weighted by atomic mass is 16.2. The molecule has 2 N–H and O–H groups in total. The number of carbonyl (C=O) groups is 1. The van der Waals surface area contributed by atoms with Crippen LogP contribution in [0.2, 0.25) is 0 Å². The number of benzene rings is 1. The Balaban J connectivity index is 1.94. The molecule has 0 atom stereocenters. The van der Waals surface area contributed by atoms with E-state index in [1.807, 2.05) is 12.1 Å². The van der Waals surface area contributed by atoms with Gasteiger partial charge < -0.3 is 10.4 Å². The smallest absolute Gasteiger partial charge is 0.252 e. The number of amides is 1. The van der Waals surface area contributed by atoms with Crippen molar-refractivity contribution in [2.45, 2.75) is 32.6 Å². The van der Waals surface area contributed by atoms with E-state index in [4.69, 9.17) is 5.11 Å². The van der Waals surface area contributed by atoms with Gasteiger partial charge in [-0.1, -0.05) is 43.7 Å². The first kappa shape index (κ1) is 15.6. The quantitative estimate of drug-likeness (QED) is 0.839. The van der Waals surface area contributed by atoms with Crippen molar-refractivity contribution in [3.05, 3.63) is 35.4 Å². The molecule has 1 aromatic carbocycles. The molecule has 0 aliphatic heterocycles. The molecule has 0 spiro atoms. The Kier molecular flexibility index (Phi) is 5.83. The van der Waals surface area contributed by atoms with E-state index in [9.17, 15) is 4.79 Å². The number of rotatable bonds is 3. The summed E-state index contributed by atoms with van der Waals surface area (Å²) < 4.78 is 0. The van der Waals surface area contributed by atoms with Gasteiger partial charge in [0.2, 0.25) is 0 Å². The van der Waals surface area contributed by atoms with Gasteiger partial charge in [-0.25, -0.2) is 0 Å². The molecule has 0 bridgehead atoms. The molecular weight excluding hydrogens is 262 g/mol. The summed E-state index contributed by atoms with van der Waals surface area (Å²) in [5.41, 5.74) is 1.25. The van der Waals surface area contributed by atoms with Gasteiger partial charge in [-0.3, -0.25) is 4.79 Å². The molecule has 0 saturated heterocycles. The van der Waals surface area contributed by atoms with E-state index in [0.717, 1.165) is 12.5 Å². The lowest BCUT2D eigenvalue weighted by atomic mass is 9.83. The molecule has 1 amide bonds. The molecule has 3 nitrogen and oxygen atoms in total. The number of aliphatic hydroxyl groups is 1. The molecule has 1 fully saturated rings. The maximum absolute atomic E-state index is 12.3. The van der Waals surface area contributed by atoms with Crippen LogP contribution in [0.4, 0.5) is 0 Å². The van der Waals surface area contributed by atoms with E-state index in [1.165, 1.54) is 25.7 Å². The minimum atomic E-state index is -0.198. The maximum atomic E-state index is 12.3. The van der Waals surface area contributed by atoms with Crippen LogP contribution >= 0.6 is 0 Å². The fourth-order valence-corrected chi connectivity index (χ4v) is 2.79. The van der Waals surface area contributed by atoms with Crippen LogP contribution in [0.5, 0.6) is 0 Å². The number of hydrogen-bond donors (Lipinski definition) is 2. The van der Waals surface area contributed by atoms with Crippen molar-refractivity contribution in [3.8, 4) is 11.8 Å². The van der Waals surface area contributed by atoms with E-state index in [2.05, 4.69) is 24.1 Å². The average molecular weight is 285 g/mol. The summed E-state index contributed by atoms with van der Waals surface area (Å²) in [5.74, 6) is 6.77. The van der Waals surface area contributed by atoms with E-state index < -0.39 is 0 Å². The third kappa shape index (κ3) is 4.61. The van der Waals surface area contributed by atoms with Crippen LogP contribution in [-0.4, -0.2) is 24.2 Å². The highest BCUT2D eigenvalue weighted by Gasteiger charge is 2.19. The molecule has 0 aromatic heterocycles. The summed E-state index contributed by atoms with van der Waals surface area (Å²) in [5, 5.41) is 11.8. The summed E-state index contributed by atoms with van der Waals surface area (Å²) in [6.07, 6.45) is 4.93. The van der Waals surface area contributed by atoms with Gasteiger partial charge in [0.15, 0.2) is 0 Å². The van der Waals surface area contributed by atoms with Crippen molar-refractivity contribution in [1.29, 1.82) is 0 Å². The fraction of sp³-hybridized carbons (Fsp3) is 0.500. The molecule has 2 rings (SSSR count). The van der Waals surface area contributed by atoms with Gasteiger partial charge in [0.25, 0.3) is 5.91 Å². The van der Waals surface area contributed by atoms with Gasteiger partial charge >= 0.3 is 0 Å². The first-order valence-corrected chi connectivity index (χ1v) is 7.67. The molecule has 0 radical (unpaired) electrons. The van der Waals surface area contributed by atoms with Crippen molar-refractivity contribution in [3.63, 3.8) is 0 Å². The third-order valence-corrected chi connectivity index (χ3v) is 4.16. The van der Waals surface area contributed by atoms with E-state index in [0.29, 0.717) is 17.0 Å². The predicted molar refractivity (Wildman–Crippen MR) is 83.9 cm³/mol. The number of aliphatic hydroxyl groups excluding tert-OH is 1. The first-order valence-electron chi connectivity index (χ1n) is 7.67. The maximum Gasteiger partial charge on any atom is 0.252 e. The zero-order valence-corrected chi connectivity index (χ0v) is 12.6. The molecule has 3 heteroatoms. The molecule has 1 aliphatic rings. The Labute approximate surface area is 126 Å². The molecule has 1 saturated carbocycles. The van der Waals surface area contributed by atoms with Crippen molar-refractivity contribution in [2.24, 2.45) is 11.8 Å². The minimum Gasteiger partial charge on any atom is -0.384 e. The molecule has 1 aromatic rings. The Morgan fingerprint density at radius 1 is 1.29 bits per heavy atom. The highest BCUT2D eigenvalue weighted by molar-refractivity contribution is 5.96. The summed E-state index contributed by atoms with van der Waals surface area (Å²) >= 11 is 0. The average Bonchev–Trinajstić information content (AvgIpc) is 2.52. The summed E-state index contributed by atoms with van der Waals surface area (Å²) in [4.78, 5) is 12.3. The second-order valence-corrected chi connectivity index (χ2v) is 5.84. The predicted octanol–water partition coefficient (Wildman–Crippen LogP) is 2.59. The third-order valence-electron chi connectivity index (χ3n) is 4.16. The van der Waals surface area contributed by atoms with Crippen molar-refractivity contribution >= 4 is 5.91 Å². The standard InChI is InChI=1S/C18H23NO2/c1-14-8-10-15(11-9-14)13-19-18(21)17-7-3-2-5-16(17)6-4-12-20/h2-3,5,7,14-15,20H,8-13H2,1H3,(H,19,21). The largest absolute Gasteiger partial charge is 0.384 e. The summed E-state index contributed by atoms with van der Waals surface area (Å²) in [6, 6.07) is 7.27. The SMILES string of the molecule is CC1CCC(CNC(=O)c2ccccc2C#CCO)CC1. The van der Waals surface area contributed by atoms with Crippen LogP contribution in [0.15, 0.2) is 24.3 Å². The first-order chi connectivity index (χ1) is 10.2. The fourth-order valence-electron chi connectivity index (χ4n) is 2.79. The van der Waals surface area contributed by atoms with Gasteiger partial charge in [0, 0.05) is 12.1 Å². The lowest BCUT2D eigenvalue weighted by Crippen LogP contribution is -2.31. The van der Waals surface area contributed by atoms with Crippen LogP contribution in [0.25, 0.3) is 0 Å². The van der Waals surface area contributed by atoms with E-state index in [1.54, 1.807) is 12.1 Å². The summed E-state index contributed by atoms with van der Waals surface area (Å²) in [7, 11) is 0. The van der Waals surface area contributed by atoms with Crippen LogP contribution in [0.1, 0.15) is 48.5 Å². The van der Waals surface area contributed by atoms with Crippen LogP contribution in [-0.2, 0) is 0 Å². The molecule has 0 heterocycles. The zero-order valence-electron chi connectivity index (χ0n) is 12.6. The Morgan fingerprint density at radius 3 is 2.71 bits per heavy atom. The van der Waals surface area contributed by atoms with Gasteiger partial charge in [0.05, 0.1) is 5.56 Å². The minimum absolute atomic E-state index is 0.0727. The monoisotopic (exact) mass is 285 g/mol. The van der Waals surface area contributed by atoms with E-state index >= 15 is 0 Å². The van der Waals surface area contributed by atoms with Crippen LogP contribution < -0.4 is 5.32 Å². The normalized spacial score (nSPS) is 21.2. The molecule has 0 unspecified atom stereocenters. The number of nitrogens with one attached hydrogen (secondary N) is 1. The van der Waals surface area contributed by atoms with E-state index in [-0.39, 0.29) is 12.5 Å². The topological polar surface area (TPSA) is 49.3 Å². The number of carbonyl (C=O) groups excluding carboxylic acids is 1. The van der Waals surface area contributed by atoms with Crippen molar-refractivity contribution < 1.29 is 9.90 Å². The second-order valence-electron chi connectivity index (χ2n) is 5.84. The summed E-state index contributed by atoms with van der Waals surface area (Å²) in [6.45, 7) is 2.84. The van der Waals surface area contributed by atoms with Crippen LogP contribution in [0, 0.1) is 23.7 Å². The van der Waals surface area contributed by atoms with Crippen LogP contribution in [0.3, 0.4) is 0 Å². The van der Waals surface area contributed by atoms with Gasteiger partial charge in [0.1, 0.15) is 6.61 Å². The lowest BCUT2D eigenvalue weighted by Gasteiger charge is -2.26. The van der Waals surface area contributed by atoms with Crippen molar-refractivity contribution in [1.82, 2.24) is 5.32 Å². The van der Waals surface area contributed by atoms with Gasteiger partial charge in [-0.15, -0.1) is 0 Å².